The second kappa shape index (κ2) is 9.39. The Labute approximate surface area is 122 Å². The molecule has 0 unspecified atom stereocenters. The number of aliphatic hydroxyl groups excluding tert-OH is 2. The number of phenolic OH excluding ortho intramolecular Hbond substituents is 1. The van der Waals surface area contributed by atoms with E-state index in [4.69, 9.17) is 10.2 Å². The zero-order valence-corrected chi connectivity index (χ0v) is 12.7. The summed E-state index contributed by atoms with van der Waals surface area (Å²) in [6.45, 7) is -1.41. The third-order valence-electron chi connectivity index (χ3n) is 2.46. The number of para-hydroxylation sites is 1. The fraction of sp³-hybridized carbons (Fsp3) is 0.500. The highest BCUT2D eigenvalue weighted by Crippen LogP contribution is 2.48. The molecular formula is C12H19O6PS. The summed E-state index contributed by atoms with van der Waals surface area (Å²) in [7, 11) is -3.40. The number of hydrogen-bond donors (Lipinski definition) is 3. The van der Waals surface area contributed by atoms with Crippen LogP contribution < -0.4 is 0 Å². The molecule has 0 aliphatic carbocycles. The van der Waals surface area contributed by atoms with Gasteiger partial charge in [-0.3, -0.25) is 13.6 Å². The minimum absolute atomic E-state index is 0.134. The molecule has 0 aliphatic rings. The van der Waals surface area contributed by atoms with E-state index in [9.17, 15) is 9.67 Å². The number of thioether (sulfide) groups is 1. The van der Waals surface area contributed by atoms with Gasteiger partial charge in [-0.25, -0.2) is 0 Å². The Morgan fingerprint density at radius 2 is 1.75 bits per heavy atom. The lowest BCUT2D eigenvalue weighted by molar-refractivity contribution is 0.0399. The Bertz CT molecular complexity index is 432. The van der Waals surface area contributed by atoms with Crippen LogP contribution >= 0.6 is 19.4 Å². The van der Waals surface area contributed by atoms with Gasteiger partial charge in [0.1, 0.15) is 5.75 Å². The summed E-state index contributed by atoms with van der Waals surface area (Å²) in [6, 6.07) is 7.06. The quantitative estimate of drug-likeness (QED) is 0.263. The fourth-order valence-corrected chi connectivity index (χ4v) is 3.77. The van der Waals surface area contributed by atoms with E-state index in [1.807, 2.05) is 12.1 Å². The molecule has 1 rings (SSSR count). The van der Waals surface area contributed by atoms with Crippen LogP contribution in [0.5, 0.6) is 5.75 Å². The van der Waals surface area contributed by atoms with E-state index >= 15 is 0 Å². The third kappa shape index (κ3) is 6.26. The van der Waals surface area contributed by atoms with Crippen molar-refractivity contribution in [1.82, 2.24) is 0 Å². The molecule has 0 aliphatic heterocycles. The molecule has 0 saturated carbocycles. The van der Waals surface area contributed by atoms with Crippen molar-refractivity contribution in [2.75, 3.05) is 25.5 Å². The first-order valence-corrected chi connectivity index (χ1v) is 8.83. The molecule has 0 saturated heterocycles. The van der Waals surface area contributed by atoms with E-state index in [0.29, 0.717) is 6.42 Å². The highest BCUT2D eigenvalue weighted by Gasteiger charge is 2.23. The maximum Gasteiger partial charge on any atom is 0.334 e. The second-order valence-electron chi connectivity index (χ2n) is 3.87. The van der Waals surface area contributed by atoms with Gasteiger partial charge in [-0.1, -0.05) is 12.1 Å². The molecule has 114 valence electrons. The smallest absolute Gasteiger partial charge is 0.334 e. The van der Waals surface area contributed by atoms with Gasteiger partial charge in [-0.2, -0.15) is 0 Å². The molecule has 0 fully saturated rings. The Morgan fingerprint density at radius 1 is 1.10 bits per heavy atom. The van der Waals surface area contributed by atoms with Gasteiger partial charge in [0.25, 0.3) is 0 Å². The van der Waals surface area contributed by atoms with Crippen LogP contribution in [0.15, 0.2) is 29.2 Å². The highest BCUT2D eigenvalue weighted by atomic mass is 32.2. The number of phenols is 1. The van der Waals surface area contributed by atoms with Gasteiger partial charge in [0.15, 0.2) is 13.6 Å². The Morgan fingerprint density at radius 3 is 2.35 bits per heavy atom. The van der Waals surface area contributed by atoms with Crippen molar-refractivity contribution in [1.29, 1.82) is 0 Å². The van der Waals surface area contributed by atoms with E-state index in [2.05, 4.69) is 9.05 Å². The summed E-state index contributed by atoms with van der Waals surface area (Å²) < 4.78 is 21.2. The molecule has 0 radical (unpaired) electrons. The maximum absolute atomic E-state index is 11.9. The number of aromatic hydroxyl groups is 1. The monoisotopic (exact) mass is 322 g/mol. The average Bonchev–Trinajstić information content (AvgIpc) is 2.41. The molecule has 0 atom stereocenters. The van der Waals surface area contributed by atoms with Gasteiger partial charge in [-0.15, -0.1) is 11.8 Å². The average molecular weight is 322 g/mol. The lowest BCUT2D eigenvalue weighted by Crippen LogP contribution is -2.02. The van der Waals surface area contributed by atoms with Crippen LogP contribution in [0, 0.1) is 0 Å². The summed E-state index contributed by atoms with van der Waals surface area (Å²) in [5, 5.41) is 26.8. The zero-order valence-electron chi connectivity index (χ0n) is 11.0. The first-order chi connectivity index (χ1) is 9.61. The first kappa shape index (κ1) is 17.5. The van der Waals surface area contributed by atoms with Crippen molar-refractivity contribution in [2.24, 2.45) is 0 Å². The van der Waals surface area contributed by atoms with Crippen LogP contribution in [0.3, 0.4) is 0 Å². The van der Waals surface area contributed by atoms with Crippen molar-refractivity contribution >= 4 is 19.4 Å². The van der Waals surface area contributed by atoms with Crippen LogP contribution in [0.2, 0.25) is 0 Å². The molecule has 1 aromatic carbocycles. The van der Waals surface area contributed by atoms with Crippen molar-refractivity contribution in [3.05, 3.63) is 24.3 Å². The largest absolute Gasteiger partial charge is 0.507 e. The standard InChI is InChI=1S/C12H19O6PS/c13-9-17-19(16,18-10-14)7-3-4-8-20-12-6-2-1-5-11(12)15/h1-2,5-6,13-15H,3-4,7-10H2. The number of unbranched alkanes of at least 4 members (excludes halogenated alkanes) is 1. The van der Waals surface area contributed by atoms with Gasteiger partial charge in [0.05, 0.1) is 6.16 Å². The second-order valence-corrected chi connectivity index (χ2v) is 7.20. The van der Waals surface area contributed by atoms with Crippen molar-refractivity contribution in [2.45, 2.75) is 17.7 Å². The fourth-order valence-electron chi connectivity index (χ4n) is 1.51. The van der Waals surface area contributed by atoms with Crippen LogP contribution in [0.25, 0.3) is 0 Å². The minimum atomic E-state index is -3.40. The van der Waals surface area contributed by atoms with Crippen LogP contribution in [0.4, 0.5) is 0 Å². The van der Waals surface area contributed by atoms with E-state index in [-0.39, 0.29) is 11.9 Å². The van der Waals surface area contributed by atoms with E-state index in [1.54, 1.807) is 12.1 Å². The predicted octanol–water partition coefficient (Wildman–Crippen LogP) is 2.39. The Hall–Kier alpha value is -0.560. The van der Waals surface area contributed by atoms with E-state index in [0.717, 1.165) is 17.1 Å². The molecule has 0 aromatic heterocycles. The van der Waals surface area contributed by atoms with Gasteiger partial charge >= 0.3 is 7.60 Å². The molecule has 1 aromatic rings. The SMILES string of the molecule is O=P(CCCCSc1ccccc1O)(OCO)OCO. The summed E-state index contributed by atoms with van der Waals surface area (Å²) >= 11 is 1.50. The number of rotatable bonds is 10. The highest BCUT2D eigenvalue weighted by molar-refractivity contribution is 7.99. The lowest BCUT2D eigenvalue weighted by Gasteiger charge is -2.15. The molecular weight excluding hydrogens is 303 g/mol. The summed E-state index contributed by atoms with van der Waals surface area (Å²) in [5.41, 5.74) is 0. The van der Waals surface area contributed by atoms with Crippen molar-refractivity contribution < 1.29 is 28.9 Å². The summed E-state index contributed by atoms with van der Waals surface area (Å²) in [5.74, 6) is 0.992. The van der Waals surface area contributed by atoms with Crippen molar-refractivity contribution in [3.63, 3.8) is 0 Å². The molecule has 20 heavy (non-hydrogen) atoms. The van der Waals surface area contributed by atoms with E-state index in [1.165, 1.54) is 11.8 Å². The summed E-state index contributed by atoms with van der Waals surface area (Å²) in [6.07, 6.45) is 1.44. The first-order valence-electron chi connectivity index (χ1n) is 6.12. The Kier molecular flexibility index (Phi) is 8.21. The summed E-state index contributed by atoms with van der Waals surface area (Å²) in [4.78, 5) is 0.800. The van der Waals surface area contributed by atoms with Gasteiger partial charge in [-0.05, 0) is 30.7 Å². The van der Waals surface area contributed by atoms with Gasteiger partial charge in [0.2, 0.25) is 0 Å². The van der Waals surface area contributed by atoms with Crippen LogP contribution in [0.1, 0.15) is 12.8 Å². The van der Waals surface area contributed by atoms with Crippen LogP contribution in [-0.2, 0) is 13.6 Å². The van der Waals surface area contributed by atoms with E-state index < -0.39 is 21.2 Å². The molecule has 0 heterocycles. The zero-order chi connectivity index (χ0) is 14.8. The number of aliphatic hydroxyl groups is 2. The molecule has 0 spiro atoms. The molecule has 8 heteroatoms. The minimum Gasteiger partial charge on any atom is -0.507 e. The van der Waals surface area contributed by atoms with Gasteiger partial charge < -0.3 is 15.3 Å². The predicted molar refractivity (Wildman–Crippen MR) is 76.9 cm³/mol. The van der Waals surface area contributed by atoms with Crippen molar-refractivity contribution in [3.8, 4) is 5.75 Å². The number of hydrogen-bond acceptors (Lipinski definition) is 7. The molecule has 6 nitrogen and oxygen atoms in total. The lowest BCUT2D eigenvalue weighted by atomic mass is 10.3. The third-order valence-corrected chi connectivity index (χ3v) is 5.49. The van der Waals surface area contributed by atoms with Crippen LogP contribution in [-0.4, -0.2) is 40.8 Å². The molecule has 0 bridgehead atoms. The maximum atomic E-state index is 11.9. The molecule has 3 N–H and O–H groups in total. The topological polar surface area (TPSA) is 96.2 Å². The molecule has 0 amide bonds. The van der Waals surface area contributed by atoms with Gasteiger partial charge in [0, 0.05) is 4.90 Å². The Balaban J connectivity index is 2.27. The normalized spacial score (nSPS) is 11.7. The number of benzene rings is 1.